The Kier molecular flexibility index (Phi) is 6.30. The molecule has 2 heterocycles. The number of sulfonamides is 1. The number of nitrogens with zero attached hydrogens (tertiary/aromatic N) is 2. The van der Waals surface area contributed by atoms with Gasteiger partial charge in [0.1, 0.15) is 5.82 Å². The molecule has 0 aliphatic carbocycles. The molecule has 3 aromatic rings. The van der Waals surface area contributed by atoms with Crippen molar-refractivity contribution in [1.82, 2.24) is 9.21 Å². The number of rotatable bonds is 5. The summed E-state index contributed by atoms with van der Waals surface area (Å²) in [7, 11) is -3.77. The van der Waals surface area contributed by atoms with Crippen molar-refractivity contribution in [3.63, 3.8) is 0 Å². The predicted octanol–water partition coefficient (Wildman–Crippen LogP) is 3.13. The molecular weight excluding hydrogens is 449 g/mol. The number of nitrogens with one attached hydrogen (secondary N) is 1. The lowest BCUT2D eigenvalue weighted by Gasteiger charge is -2.34. The molecule has 2 amide bonds. The number of anilines is 1. The van der Waals surface area contributed by atoms with E-state index in [1.54, 1.807) is 35.2 Å². The van der Waals surface area contributed by atoms with Gasteiger partial charge in [-0.25, -0.2) is 12.8 Å². The maximum Gasteiger partial charge on any atom is 0.291 e. The molecule has 10 heteroatoms. The lowest BCUT2D eigenvalue weighted by molar-refractivity contribution is 0.0697. The van der Waals surface area contributed by atoms with Crippen molar-refractivity contribution < 1.29 is 26.8 Å². The van der Waals surface area contributed by atoms with Crippen LogP contribution in [0.15, 0.2) is 70.2 Å². The van der Waals surface area contributed by atoms with E-state index < -0.39 is 21.7 Å². The van der Waals surface area contributed by atoms with Crippen molar-refractivity contribution in [2.24, 2.45) is 0 Å². The summed E-state index contributed by atoms with van der Waals surface area (Å²) in [6, 6.07) is 12.8. The molecule has 4 rings (SSSR count). The zero-order valence-electron chi connectivity index (χ0n) is 17.8. The van der Waals surface area contributed by atoms with Gasteiger partial charge in [0.2, 0.25) is 10.0 Å². The topological polar surface area (TPSA) is 99.9 Å². The van der Waals surface area contributed by atoms with E-state index >= 15 is 0 Å². The van der Waals surface area contributed by atoms with Crippen LogP contribution >= 0.6 is 0 Å². The van der Waals surface area contributed by atoms with E-state index in [0.717, 1.165) is 17.7 Å². The molecule has 0 unspecified atom stereocenters. The highest BCUT2D eigenvalue weighted by atomic mass is 32.2. The van der Waals surface area contributed by atoms with Gasteiger partial charge < -0.3 is 14.6 Å². The third-order valence-electron chi connectivity index (χ3n) is 5.45. The van der Waals surface area contributed by atoms with Crippen molar-refractivity contribution >= 4 is 27.5 Å². The van der Waals surface area contributed by atoms with Crippen LogP contribution in [0.25, 0.3) is 0 Å². The highest BCUT2D eigenvalue weighted by Gasteiger charge is 2.30. The zero-order chi connectivity index (χ0) is 23.6. The Bertz CT molecular complexity index is 1270. The fourth-order valence-corrected chi connectivity index (χ4v) is 4.97. The third-order valence-corrected chi connectivity index (χ3v) is 7.37. The Hall–Kier alpha value is -3.50. The monoisotopic (exact) mass is 471 g/mol. The maximum absolute atomic E-state index is 13.1. The van der Waals surface area contributed by atoms with Gasteiger partial charge in [0.15, 0.2) is 5.76 Å². The number of aryl methyl sites for hydroxylation is 1. The van der Waals surface area contributed by atoms with E-state index in [-0.39, 0.29) is 42.7 Å². The first-order valence-electron chi connectivity index (χ1n) is 10.3. The number of furan rings is 1. The van der Waals surface area contributed by atoms with Gasteiger partial charge in [0.25, 0.3) is 11.8 Å². The quantitative estimate of drug-likeness (QED) is 0.616. The van der Waals surface area contributed by atoms with Crippen molar-refractivity contribution in [2.75, 3.05) is 31.5 Å². The molecule has 1 aromatic heterocycles. The van der Waals surface area contributed by atoms with Crippen molar-refractivity contribution in [3.8, 4) is 0 Å². The van der Waals surface area contributed by atoms with E-state index in [1.807, 2.05) is 6.92 Å². The van der Waals surface area contributed by atoms with Crippen LogP contribution in [0.2, 0.25) is 0 Å². The molecule has 8 nitrogen and oxygen atoms in total. The minimum atomic E-state index is -3.77. The van der Waals surface area contributed by atoms with Crippen LogP contribution in [-0.4, -0.2) is 55.6 Å². The lowest BCUT2D eigenvalue weighted by atomic mass is 10.1. The Labute approximate surface area is 190 Å². The average molecular weight is 472 g/mol. The number of piperazine rings is 1. The first kappa shape index (κ1) is 22.7. The van der Waals surface area contributed by atoms with Gasteiger partial charge in [0.05, 0.1) is 11.2 Å². The lowest BCUT2D eigenvalue weighted by Crippen LogP contribution is -2.50. The van der Waals surface area contributed by atoms with Gasteiger partial charge in [-0.2, -0.15) is 4.31 Å². The Balaban J connectivity index is 1.43. The van der Waals surface area contributed by atoms with Gasteiger partial charge >= 0.3 is 0 Å². The van der Waals surface area contributed by atoms with Crippen LogP contribution in [0.4, 0.5) is 10.1 Å². The summed E-state index contributed by atoms with van der Waals surface area (Å²) >= 11 is 0. The fraction of sp³-hybridized carbons (Fsp3) is 0.217. The molecule has 1 saturated heterocycles. The Morgan fingerprint density at radius 3 is 2.33 bits per heavy atom. The minimum Gasteiger partial charge on any atom is -0.459 e. The number of hydrogen-bond acceptors (Lipinski definition) is 5. The summed E-state index contributed by atoms with van der Waals surface area (Å²) in [5, 5.41) is 2.74. The maximum atomic E-state index is 13.1. The zero-order valence-corrected chi connectivity index (χ0v) is 18.6. The number of halogens is 1. The number of carbonyl (C=O) groups excluding carboxylic acids is 2. The average Bonchev–Trinajstić information content (AvgIpc) is 3.36. The first-order chi connectivity index (χ1) is 15.8. The molecule has 1 N–H and O–H groups in total. The van der Waals surface area contributed by atoms with Gasteiger partial charge in [-0.15, -0.1) is 0 Å². The summed E-state index contributed by atoms with van der Waals surface area (Å²) < 4.78 is 45.1. The van der Waals surface area contributed by atoms with E-state index in [1.165, 1.54) is 22.7 Å². The summed E-state index contributed by atoms with van der Waals surface area (Å²) in [6.07, 6.45) is 1.40. The van der Waals surface area contributed by atoms with Crippen LogP contribution in [0, 0.1) is 12.7 Å². The highest BCUT2D eigenvalue weighted by molar-refractivity contribution is 7.89. The summed E-state index contributed by atoms with van der Waals surface area (Å²) in [5.74, 6) is -1.04. The number of hydrogen-bond donors (Lipinski definition) is 1. The Morgan fingerprint density at radius 1 is 1.00 bits per heavy atom. The highest BCUT2D eigenvalue weighted by Crippen LogP contribution is 2.22. The molecule has 0 saturated carbocycles. The number of carbonyl (C=O) groups is 2. The van der Waals surface area contributed by atoms with Crippen LogP contribution in [0.3, 0.4) is 0 Å². The standard InChI is InChI=1S/C23H22FN3O5S/c1-16-4-5-17(15-20(16)25-22(28)21-3-2-14-32-21)23(29)26-10-12-27(13-11-26)33(30,31)19-8-6-18(24)7-9-19/h2-9,14-15H,10-13H2,1H3,(H,25,28). The van der Waals surface area contributed by atoms with Gasteiger partial charge in [-0.1, -0.05) is 6.07 Å². The van der Waals surface area contributed by atoms with E-state index in [9.17, 15) is 22.4 Å². The fourth-order valence-electron chi connectivity index (χ4n) is 3.55. The summed E-state index contributed by atoms with van der Waals surface area (Å²) in [5.41, 5.74) is 1.65. The molecule has 0 spiro atoms. The van der Waals surface area contributed by atoms with Gasteiger partial charge in [-0.3, -0.25) is 9.59 Å². The molecular formula is C23H22FN3O5S. The molecule has 33 heavy (non-hydrogen) atoms. The first-order valence-corrected chi connectivity index (χ1v) is 11.7. The second kappa shape index (κ2) is 9.16. The van der Waals surface area contributed by atoms with Crippen LogP contribution in [0.1, 0.15) is 26.5 Å². The third kappa shape index (κ3) is 4.81. The predicted molar refractivity (Wildman–Crippen MR) is 119 cm³/mol. The second-order valence-electron chi connectivity index (χ2n) is 7.61. The largest absolute Gasteiger partial charge is 0.459 e. The SMILES string of the molecule is Cc1ccc(C(=O)N2CCN(S(=O)(=O)c3ccc(F)cc3)CC2)cc1NC(=O)c1ccco1. The van der Waals surface area contributed by atoms with E-state index in [2.05, 4.69) is 5.32 Å². The van der Waals surface area contributed by atoms with Crippen molar-refractivity contribution in [2.45, 2.75) is 11.8 Å². The molecule has 0 radical (unpaired) electrons. The molecule has 0 bridgehead atoms. The number of amides is 2. The van der Waals surface area contributed by atoms with Gasteiger partial charge in [-0.05, 0) is 61.0 Å². The van der Waals surface area contributed by atoms with Crippen LogP contribution in [-0.2, 0) is 10.0 Å². The van der Waals surface area contributed by atoms with Crippen LogP contribution in [0.5, 0.6) is 0 Å². The minimum absolute atomic E-state index is 0.0131. The Morgan fingerprint density at radius 2 is 1.70 bits per heavy atom. The van der Waals surface area contributed by atoms with Crippen LogP contribution < -0.4 is 5.32 Å². The smallest absolute Gasteiger partial charge is 0.291 e. The van der Waals surface area contributed by atoms with Gasteiger partial charge in [0, 0.05) is 37.4 Å². The molecule has 1 aliphatic rings. The second-order valence-corrected chi connectivity index (χ2v) is 9.55. The molecule has 2 aromatic carbocycles. The van der Waals surface area contributed by atoms with Crippen molar-refractivity contribution in [1.29, 1.82) is 0 Å². The summed E-state index contributed by atoms with van der Waals surface area (Å²) in [6.45, 7) is 2.48. The molecule has 0 atom stereocenters. The summed E-state index contributed by atoms with van der Waals surface area (Å²) in [4.78, 5) is 26.9. The molecule has 172 valence electrons. The van der Waals surface area contributed by atoms with E-state index in [0.29, 0.717) is 11.3 Å². The normalized spacial score (nSPS) is 14.8. The molecule has 1 fully saturated rings. The number of benzene rings is 2. The van der Waals surface area contributed by atoms with E-state index in [4.69, 9.17) is 4.42 Å². The molecule has 1 aliphatic heterocycles. The van der Waals surface area contributed by atoms with Crippen molar-refractivity contribution in [3.05, 3.63) is 83.6 Å².